The zero-order valence-electron chi connectivity index (χ0n) is 8.88. The van der Waals surface area contributed by atoms with Crippen LogP contribution in [0.3, 0.4) is 0 Å². The summed E-state index contributed by atoms with van der Waals surface area (Å²) in [6.45, 7) is 0. The molecule has 0 spiro atoms. The summed E-state index contributed by atoms with van der Waals surface area (Å²) in [5.41, 5.74) is 5.59. The molecule has 0 bridgehead atoms. The first-order chi connectivity index (χ1) is 8.49. The minimum absolute atomic E-state index is 0.0312. The lowest BCUT2D eigenvalue weighted by molar-refractivity contribution is 0.416. The van der Waals surface area contributed by atoms with Gasteiger partial charge in [-0.15, -0.1) is 0 Å². The average Bonchev–Trinajstić information content (AvgIpc) is 2.32. The lowest BCUT2D eigenvalue weighted by Gasteiger charge is -2.11. The topological polar surface area (TPSA) is 35.2 Å². The van der Waals surface area contributed by atoms with Gasteiger partial charge in [-0.3, -0.25) is 0 Å². The molecule has 0 amide bonds. The van der Waals surface area contributed by atoms with Gasteiger partial charge in [-0.25, -0.2) is 4.39 Å². The van der Waals surface area contributed by atoms with Crippen molar-refractivity contribution in [2.45, 2.75) is 0 Å². The molecule has 0 aliphatic rings. The first kappa shape index (κ1) is 13.3. The predicted octanol–water partition coefficient (Wildman–Crippen LogP) is 4.86. The van der Waals surface area contributed by atoms with Crippen LogP contribution in [0.2, 0.25) is 0 Å². The van der Waals surface area contributed by atoms with Crippen molar-refractivity contribution in [3.8, 4) is 11.5 Å². The number of benzene rings is 2. The van der Waals surface area contributed by atoms with Gasteiger partial charge in [0.05, 0.1) is 10.2 Å². The SMILES string of the molecule is Nc1ccc(F)c(F)c1Oc1ccc(Br)cc1Br. The van der Waals surface area contributed by atoms with Crippen LogP contribution in [0.15, 0.2) is 39.3 Å². The molecule has 0 aliphatic carbocycles. The highest BCUT2D eigenvalue weighted by Gasteiger charge is 2.15. The van der Waals surface area contributed by atoms with Gasteiger partial charge in [0.1, 0.15) is 5.75 Å². The van der Waals surface area contributed by atoms with E-state index in [-0.39, 0.29) is 11.4 Å². The Balaban J connectivity index is 2.43. The quantitative estimate of drug-likeness (QED) is 0.757. The number of anilines is 1. The fourth-order valence-corrected chi connectivity index (χ4v) is 2.45. The van der Waals surface area contributed by atoms with Crippen molar-refractivity contribution < 1.29 is 13.5 Å². The smallest absolute Gasteiger partial charge is 0.203 e. The van der Waals surface area contributed by atoms with Crippen LogP contribution in [0.5, 0.6) is 11.5 Å². The van der Waals surface area contributed by atoms with Crippen LogP contribution >= 0.6 is 31.9 Å². The summed E-state index contributed by atoms with van der Waals surface area (Å²) >= 11 is 6.54. The molecule has 18 heavy (non-hydrogen) atoms. The van der Waals surface area contributed by atoms with Crippen LogP contribution in [-0.4, -0.2) is 0 Å². The molecule has 2 rings (SSSR count). The van der Waals surface area contributed by atoms with Gasteiger partial charge >= 0.3 is 0 Å². The molecule has 0 saturated heterocycles. The Morgan fingerprint density at radius 3 is 2.44 bits per heavy atom. The van der Waals surface area contributed by atoms with Crippen LogP contribution in [0, 0.1) is 11.6 Å². The van der Waals surface area contributed by atoms with Crippen LogP contribution in [0.4, 0.5) is 14.5 Å². The maximum absolute atomic E-state index is 13.6. The molecule has 0 heterocycles. The number of hydrogen-bond donors (Lipinski definition) is 1. The molecule has 0 saturated carbocycles. The van der Waals surface area contributed by atoms with E-state index in [0.29, 0.717) is 10.2 Å². The van der Waals surface area contributed by atoms with E-state index in [1.165, 1.54) is 6.07 Å². The number of halogens is 4. The van der Waals surface area contributed by atoms with Crippen LogP contribution in [0.1, 0.15) is 0 Å². The second-order valence-electron chi connectivity index (χ2n) is 3.46. The zero-order valence-corrected chi connectivity index (χ0v) is 12.1. The highest BCUT2D eigenvalue weighted by molar-refractivity contribution is 9.11. The Labute approximate surface area is 119 Å². The molecule has 0 atom stereocenters. The normalized spacial score (nSPS) is 10.4. The van der Waals surface area contributed by atoms with Gasteiger partial charge in [0, 0.05) is 4.47 Å². The van der Waals surface area contributed by atoms with Crippen molar-refractivity contribution in [3.05, 3.63) is 50.9 Å². The lowest BCUT2D eigenvalue weighted by Crippen LogP contribution is -1.98. The Hall–Kier alpha value is -1.14. The highest BCUT2D eigenvalue weighted by Crippen LogP contribution is 2.36. The Bertz CT molecular complexity index is 605. The largest absolute Gasteiger partial charge is 0.451 e. The fourth-order valence-electron chi connectivity index (χ4n) is 1.32. The minimum atomic E-state index is -1.11. The molecule has 2 aromatic rings. The first-order valence-corrected chi connectivity index (χ1v) is 6.44. The van der Waals surface area contributed by atoms with Gasteiger partial charge in [0.15, 0.2) is 11.6 Å². The van der Waals surface area contributed by atoms with E-state index in [4.69, 9.17) is 10.5 Å². The van der Waals surface area contributed by atoms with Crippen molar-refractivity contribution in [1.29, 1.82) is 0 Å². The predicted molar refractivity (Wildman–Crippen MR) is 72.7 cm³/mol. The van der Waals surface area contributed by atoms with E-state index in [0.717, 1.165) is 10.5 Å². The molecule has 2 aromatic carbocycles. The Morgan fingerprint density at radius 2 is 1.78 bits per heavy atom. The zero-order chi connectivity index (χ0) is 13.3. The molecule has 0 fully saturated rings. The second-order valence-corrected chi connectivity index (χ2v) is 5.23. The Morgan fingerprint density at radius 1 is 1.06 bits per heavy atom. The molecular weight excluding hydrogens is 372 g/mol. The van der Waals surface area contributed by atoms with Gasteiger partial charge in [-0.1, -0.05) is 15.9 Å². The second kappa shape index (κ2) is 5.24. The number of nitrogen functional groups attached to an aromatic ring is 1. The van der Waals surface area contributed by atoms with E-state index in [1.54, 1.807) is 18.2 Å². The van der Waals surface area contributed by atoms with Gasteiger partial charge in [-0.05, 0) is 46.3 Å². The van der Waals surface area contributed by atoms with Crippen molar-refractivity contribution in [1.82, 2.24) is 0 Å². The summed E-state index contributed by atoms with van der Waals surface area (Å²) in [5.74, 6) is -2.09. The van der Waals surface area contributed by atoms with Crippen molar-refractivity contribution in [2.24, 2.45) is 0 Å². The van der Waals surface area contributed by atoms with Crippen molar-refractivity contribution in [3.63, 3.8) is 0 Å². The molecule has 0 aromatic heterocycles. The summed E-state index contributed by atoms with van der Waals surface area (Å²) in [5, 5.41) is 0. The number of rotatable bonds is 2. The molecule has 0 radical (unpaired) electrons. The summed E-state index contributed by atoms with van der Waals surface area (Å²) < 4.78 is 33.4. The van der Waals surface area contributed by atoms with Crippen LogP contribution < -0.4 is 10.5 Å². The molecule has 2 N–H and O–H groups in total. The molecule has 0 unspecified atom stereocenters. The maximum atomic E-state index is 13.6. The Kier molecular flexibility index (Phi) is 3.87. The minimum Gasteiger partial charge on any atom is -0.451 e. The molecule has 2 nitrogen and oxygen atoms in total. The fraction of sp³-hybridized carbons (Fsp3) is 0. The third kappa shape index (κ3) is 2.64. The number of hydrogen-bond acceptors (Lipinski definition) is 2. The first-order valence-electron chi connectivity index (χ1n) is 4.85. The van der Waals surface area contributed by atoms with Crippen molar-refractivity contribution >= 4 is 37.5 Å². The van der Waals surface area contributed by atoms with E-state index in [9.17, 15) is 8.78 Å². The maximum Gasteiger partial charge on any atom is 0.203 e. The van der Waals surface area contributed by atoms with E-state index >= 15 is 0 Å². The molecule has 0 aliphatic heterocycles. The van der Waals surface area contributed by atoms with E-state index in [2.05, 4.69) is 31.9 Å². The average molecular weight is 379 g/mol. The summed E-state index contributed by atoms with van der Waals surface area (Å²) in [6, 6.07) is 7.25. The van der Waals surface area contributed by atoms with E-state index < -0.39 is 11.6 Å². The van der Waals surface area contributed by atoms with Gasteiger partial charge in [0.25, 0.3) is 0 Å². The third-order valence-electron chi connectivity index (χ3n) is 2.19. The highest BCUT2D eigenvalue weighted by atomic mass is 79.9. The van der Waals surface area contributed by atoms with Crippen LogP contribution in [-0.2, 0) is 0 Å². The summed E-state index contributed by atoms with van der Waals surface area (Å²) in [6.07, 6.45) is 0. The summed E-state index contributed by atoms with van der Waals surface area (Å²) in [4.78, 5) is 0. The lowest BCUT2D eigenvalue weighted by atomic mass is 10.2. The molecule has 6 heteroatoms. The third-order valence-corrected chi connectivity index (χ3v) is 3.30. The van der Waals surface area contributed by atoms with E-state index in [1.807, 2.05) is 0 Å². The molecule has 94 valence electrons. The van der Waals surface area contributed by atoms with Gasteiger partial charge in [-0.2, -0.15) is 4.39 Å². The number of ether oxygens (including phenoxy) is 1. The van der Waals surface area contributed by atoms with Crippen molar-refractivity contribution in [2.75, 3.05) is 5.73 Å². The summed E-state index contributed by atoms with van der Waals surface area (Å²) in [7, 11) is 0. The molecular formula is C12H7Br2F2NO. The standard InChI is InChI=1S/C12H7Br2F2NO/c13-6-1-4-10(7(14)5-6)18-12-9(17)3-2-8(15)11(12)16/h1-5H,17H2. The number of nitrogens with two attached hydrogens (primary N) is 1. The van der Waals surface area contributed by atoms with Crippen LogP contribution in [0.25, 0.3) is 0 Å². The monoisotopic (exact) mass is 377 g/mol. The van der Waals surface area contributed by atoms with Gasteiger partial charge in [0.2, 0.25) is 5.82 Å². The van der Waals surface area contributed by atoms with Gasteiger partial charge < -0.3 is 10.5 Å².